The molecule has 0 aliphatic heterocycles. The molecule has 0 bridgehead atoms. The summed E-state index contributed by atoms with van der Waals surface area (Å²) in [6.45, 7) is 0.249. The molecule has 0 unspecified atom stereocenters. The number of aromatic hydroxyl groups is 2. The maximum atomic E-state index is 9.55. The average molecular weight is 213 g/mol. The Hall–Kier alpha value is -1.46. The minimum atomic E-state index is -0.117. The van der Waals surface area contributed by atoms with Crippen molar-refractivity contribution in [2.75, 3.05) is 31.2 Å². The van der Waals surface area contributed by atoms with Crippen LogP contribution < -0.4 is 4.90 Å². The Kier molecular flexibility index (Phi) is 4.20. The van der Waals surface area contributed by atoms with Gasteiger partial charge >= 0.3 is 0 Å². The summed E-state index contributed by atoms with van der Waals surface area (Å²) in [7, 11) is 0. The predicted molar refractivity (Wildman–Crippen MR) is 56.2 cm³/mol. The summed E-state index contributed by atoms with van der Waals surface area (Å²) < 4.78 is 0. The van der Waals surface area contributed by atoms with Gasteiger partial charge in [0.1, 0.15) is 17.2 Å². The molecule has 5 nitrogen and oxygen atoms in total. The molecule has 0 aliphatic rings. The number of benzene rings is 1. The summed E-state index contributed by atoms with van der Waals surface area (Å²) in [6, 6.07) is 4.40. The molecule has 5 heteroatoms. The molecule has 15 heavy (non-hydrogen) atoms. The first-order chi connectivity index (χ1) is 7.20. The van der Waals surface area contributed by atoms with Crippen molar-refractivity contribution in [1.29, 1.82) is 0 Å². The number of nitrogens with zero attached hydrogens (tertiary/aromatic N) is 1. The summed E-state index contributed by atoms with van der Waals surface area (Å²) in [5, 5.41) is 36.7. The number of rotatable bonds is 5. The van der Waals surface area contributed by atoms with Gasteiger partial charge < -0.3 is 25.3 Å². The zero-order chi connectivity index (χ0) is 11.3. The van der Waals surface area contributed by atoms with Gasteiger partial charge in [-0.15, -0.1) is 0 Å². The third kappa shape index (κ3) is 2.74. The van der Waals surface area contributed by atoms with Crippen LogP contribution in [0.5, 0.6) is 11.5 Å². The van der Waals surface area contributed by atoms with E-state index in [0.29, 0.717) is 0 Å². The van der Waals surface area contributed by atoms with Crippen LogP contribution in [0.1, 0.15) is 0 Å². The first kappa shape index (κ1) is 11.6. The van der Waals surface area contributed by atoms with Gasteiger partial charge in [0.25, 0.3) is 0 Å². The molecule has 1 rings (SSSR count). The van der Waals surface area contributed by atoms with Gasteiger partial charge in [0.2, 0.25) is 0 Å². The maximum absolute atomic E-state index is 9.55. The molecule has 0 aliphatic carbocycles. The molecule has 0 spiro atoms. The highest BCUT2D eigenvalue weighted by molar-refractivity contribution is 5.66. The monoisotopic (exact) mass is 213 g/mol. The van der Waals surface area contributed by atoms with Gasteiger partial charge in [-0.05, 0) is 12.1 Å². The third-order valence-electron chi connectivity index (χ3n) is 2.05. The van der Waals surface area contributed by atoms with E-state index in [4.69, 9.17) is 10.2 Å². The SMILES string of the molecule is OCCN(CCO)c1c(O)cccc1O. The van der Waals surface area contributed by atoms with E-state index in [1.165, 1.54) is 23.1 Å². The zero-order valence-corrected chi connectivity index (χ0v) is 8.30. The summed E-state index contributed by atoms with van der Waals surface area (Å²) in [5.41, 5.74) is 0.237. The van der Waals surface area contributed by atoms with E-state index in [-0.39, 0.29) is 43.5 Å². The number of anilines is 1. The minimum Gasteiger partial charge on any atom is -0.506 e. The number of phenols is 2. The zero-order valence-electron chi connectivity index (χ0n) is 8.30. The largest absolute Gasteiger partial charge is 0.506 e. The van der Waals surface area contributed by atoms with Crippen molar-refractivity contribution in [2.45, 2.75) is 0 Å². The van der Waals surface area contributed by atoms with Gasteiger partial charge in [0.15, 0.2) is 0 Å². The van der Waals surface area contributed by atoms with Gasteiger partial charge in [-0.1, -0.05) is 6.07 Å². The molecule has 4 N–H and O–H groups in total. The van der Waals surface area contributed by atoms with Crippen LogP contribution >= 0.6 is 0 Å². The molecule has 1 aromatic rings. The lowest BCUT2D eigenvalue weighted by Gasteiger charge is -2.24. The fraction of sp³-hybridized carbons (Fsp3) is 0.400. The van der Waals surface area contributed by atoms with Crippen molar-refractivity contribution >= 4 is 5.69 Å². The number of phenolic OH excluding ortho intramolecular Hbond substituents is 2. The number of hydrogen-bond donors (Lipinski definition) is 4. The molecular weight excluding hydrogens is 198 g/mol. The standard InChI is InChI=1S/C10H15NO4/c12-6-4-11(5-7-13)10-8(14)2-1-3-9(10)15/h1-3,12-15H,4-7H2. The molecule has 0 saturated heterocycles. The van der Waals surface area contributed by atoms with E-state index in [1.54, 1.807) is 0 Å². The minimum absolute atomic E-state index is 0.0723. The van der Waals surface area contributed by atoms with Crippen molar-refractivity contribution in [1.82, 2.24) is 0 Å². The van der Waals surface area contributed by atoms with Gasteiger partial charge in [-0.25, -0.2) is 0 Å². The lowest BCUT2D eigenvalue weighted by molar-refractivity contribution is 0.280. The fourth-order valence-electron chi connectivity index (χ4n) is 1.42. The van der Waals surface area contributed by atoms with Crippen molar-refractivity contribution in [3.05, 3.63) is 18.2 Å². The van der Waals surface area contributed by atoms with Crippen molar-refractivity contribution in [2.24, 2.45) is 0 Å². The molecule has 0 amide bonds. The molecule has 0 fully saturated rings. The number of hydrogen-bond acceptors (Lipinski definition) is 5. The van der Waals surface area contributed by atoms with E-state index in [2.05, 4.69) is 0 Å². The van der Waals surface area contributed by atoms with Crippen LogP contribution in [0.15, 0.2) is 18.2 Å². The van der Waals surface area contributed by atoms with Gasteiger partial charge in [-0.3, -0.25) is 0 Å². The molecule has 0 atom stereocenters. The van der Waals surface area contributed by atoms with Crippen LogP contribution in [-0.2, 0) is 0 Å². The molecule has 1 aromatic carbocycles. The Balaban J connectivity index is 2.98. The Morgan fingerprint density at radius 3 is 1.80 bits per heavy atom. The van der Waals surface area contributed by atoms with Gasteiger partial charge in [0.05, 0.1) is 13.2 Å². The maximum Gasteiger partial charge on any atom is 0.142 e. The van der Waals surface area contributed by atoms with Crippen LogP contribution in [-0.4, -0.2) is 46.7 Å². The quantitative estimate of drug-likeness (QED) is 0.548. The fourth-order valence-corrected chi connectivity index (χ4v) is 1.42. The number of aliphatic hydroxyl groups excluding tert-OH is 2. The van der Waals surface area contributed by atoms with E-state index in [9.17, 15) is 10.2 Å². The van der Waals surface area contributed by atoms with Gasteiger partial charge in [-0.2, -0.15) is 0 Å². The van der Waals surface area contributed by atoms with E-state index in [0.717, 1.165) is 0 Å². The smallest absolute Gasteiger partial charge is 0.142 e. The molecule has 0 saturated carbocycles. The summed E-state index contributed by atoms with van der Waals surface area (Å²) >= 11 is 0. The molecule has 0 radical (unpaired) electrons. The second-order valence-electron chi connectivity index (χ2n) is 3.08. The van der Waals surface area contributed by atoms with Crippen molar-refractivity contribution in [3.63, 3.8) is 0 Å². The summed E-state index contributed by atoms with van der Waals surface area (Å²) in [6.07, 6.45) is 0. The Morgan fingerprint density at radius 2 is 1.40 bits per heavy atom. The molecular formula is C10H15NO4. The first-order valence-electron chi connectivity index (χ1n) is 4.68. The van der Waals surface area contributed by atoms with Crippen molar-refractivity contribution in [3.8, 4) is 11.5 Å². The highest BCUT2D eigenvalue weighted by atomic mass is 16.3. The van der Waals surface area contributed by atoms with Crippen LogP contribution in [0.4, 0.5) is 5.69 Å². The average Bonchev–Trinajstić information content (AvgIpc) is 2.18. The van der Waals surface area contributed by atoms with Crippen LogP contribution in [0.25, 0.3) is 0 Å². The van der Waals surface area contributed by atoms with E-state index < -0.39 is 0 Å². The topological polar surface area (TPSA) is 84.2 Å². The van der Waals surface area contributed by atoms with Crippen LogP contribution in [0.3, 0.4) is 0 Å². The Bertz CT molecular complexity index is 290. The lowest BCUT2D eigenvalue weighted by Crippen LogP contribution is -2.29. The van der Waals surface area contributed by atoms with Crippen LogP contribution in [0, 0.1) is 0 Å². The highest BCUT2D eigenvalue weighted by Gasteiger charge is 2.14. The van der Waals surface area contributed by atoms with Crippen molar-refractivity contribution < 1.29 is 20.4 Å². The second kappa shape index (κ2) is 5.43. The predicted octanol–water partition coefficient (Wildman–Crippen LogP) is -0.111. The molecule has 0 heterocycles. The molecule has 0 aromatic heterocycles. The number of para-hydroxylation sites is 1. The first-order valence-corrected chi connectivity index (χ1v) is 4.68. The number of aliphatic hydroxyl groups is 2. The molecule has 84 valence electrons. The third-order valence-corrected chi connectivity index (χ3v) is 2.05. The Labute approximate surface area is 87.8 Å². The summed E-state index contributed by atoms with van der Waals surface area (Å²) in [4.78, 5) is 1.52. The Morgan fingerprint density at radius 1 is 0.933 bits per heavy atom. The second-order valence-corrected chi connectivity index (χ2v) is 3.08. The van der Waals surface area contributed by atoms with Gasteiger partial charge in [0, 0.05) is 13.1 Å². The van der Waals surface area contributed by atoms with Crippen LogP contribution in [0.2, 0.25) is 0 Å². The summed E-state index contributed by atoms with van der Waals surface area (Å²) in [5.74, 6) is -0.145. The normalized spacial score (nSPS) is 10.3. The highest BCUT2D eigenvalue weighted by Crippen LogP contribution is 2.35. The van der Waals surface area contributed by atoms with E-state index in [1.807, 2.05) is 0 Å². The van der Waals surface area contributed by atoms with E-state index >= 15 is 0 Å². The lowest BCUT2D eigenvalue weighted by atomic mass is 10.2.